The second kappa shape index (κ2) is 16.1. The average molecular weight is 609 g/mol. The molecule has 0 fully saturated rings. The van der Waals surface area contributed by atoms with Crippen LogP contribution in [0, 0.1) is 29.9 Å². The van der Waals surface area contributed by atoms with Crippen molar-refractivity contribution < 1.29 is 28.0 Å². The van der Waals surface area contributed by atoms with Crippen molar-refractivity contribution in [1.29, 1.82) is 0 Å². The maximum atomic E-state index is 14.0. The lowest BCUT2D eigenvalue weighted by atomic mass is 10.0. The van der Waals surface area contributed by atoms with Gasteiger partial charge in [0.2, 0.25) is 0 Å². The van der Waals surface area contributed by atoms with Crippen molar-refractivity contribution in [1.82, 2.24) is 15.0 Å². The molecule has 0 aliphatic heterocycles. The van der Waals surface area contributed by atoms with Crippen LogP contribution in [-0.2, 0) is 19.4 Å². The number of carbonyl (C=O) groups is 2. The molecular formula is C34H42F2N4O4. The molecule has 10 heteroatoms. The van der Waals surface area contributed by atoms with Gasteiger partial charge in [-0.15, -0.1) is 6.42 Å². The normalized spacial score (nSPS) is 12.5. The van der Waals surface area contributed by atoms with E-state index in [-0.39, 0.29) is 42.1 Å². The van der Waals surface area contributed by atoms with Gasteiger partial charge in [-0.2, -0.15) is 0 Å². The summed E-state index contributed by atoms with van der Waals surface area (Å²) in [7, 11) is 0. The van der Waals surface area contributed by atoms with Gasteiger partial charge in [-0.25, -0.2) is 8.78 Å². The first-order chi connectivity index (χ1) is 20.9. The van der Waals surface area contributed by atoms with Crippen LogP contribution in [0.25, 0.3) is 0 Å². The van der Waals surface area contributed by atoms with Gasteiger partial charge in [-0.1, -0.05) is 38.8 Å². The van der Waals surface area contributed by atoms with Crippen molar-refractivity contribution in [3.63, 3.8) is 0 Å². The minimum Gasteiger partial charge on any atom is -0.390 e. The van der Waals surface area contributed by atoms with Crippen molar-refractivity contribution in [2.75, 3.05) is 19.6 Å². The lowest BCUT2D eigenvalue weighted by Crippen LogP contribution is -2.46. The number of amides is 2. The zero-order valence-corrected chi connectivity index (χ0v) is 25.9. The second-order valence-electron chi connectivity index (χ2n) is 11.5. The van der Waals surface area contributed by atoms with Crippen LogP contribution < -0.4 is 5.73 Å². The zero-order chi connectivity index (χ0) is 32.4. The van der Waals surface area contributed by atoms with E-state index in [4.69, 9.17) is 16.7 Å². The number of benzene rings is 2. The smallest absolute Gasteiger partial charge is 0.254 e. The van der Waals surface area contributed by atoms with E-state index in [9.17, 15) is 23.5 Å². The number of nitrogens with two attached hydrogens (primary N) is 1. The highest BCUT2D eigenvalue weighted by Gasteiger charge is 2.27. The molecule has 3 aromatic rings. The molecule has 1 heterocycles. The summed E-state index contributed by atoms with van der Waals surface area (Å²) in [5.74, 6) is 0.997. The SMILES string of the molecule is C#Cc1cc(C(=O)N(CCC)CCC)cc(C(=O)N(Cc2cc(CC(C)C)no2)C[C@@H](O)[C@@H](N)Cc2cc(F)cc(F)c2)c1. The molecule has 2 aromatic carbocycles. The molecule has 0 unspecified atom stereocenters. The van der Waals surface area contributed by atoms with Gasteiger partial charge >= 0.3 is 0 Å². The number of rotatable bonds is 15. The highest BCUT2D eigenvalue weighted by molar-refractivity contribution is 6.00. The average Bonchev–Trinajstić information content (AvgIpc) is 3.40. The number of terminal acetylenes is 1. The first-order valence-corrected chi connectivity index (χ1v) is 15.0. The van der Waals surface area contributed by atoms with Crippen molar-refractivity contribution in [3.8, 4) is 12.3 Å². The van der Waals surface area contributed by atoms with Crippen LogP contribution in [0.5, 0.6) is 0 Å². The molecule has 3 rings (SSSR count). The van der Waals surface area contributed by atoms with E-state index >= 15 is 0 Å². The molecule has 44 heavy (non-hydrogen) atoms. The van der Waals surface area contributed by atoms with E-state index in [1.807, 2.05) is 27.7 Å². The molecule has 0 bridgehead atoms. The van der Waals surface area contributed by atoms with Crippen LogP contribution >= 0.6 is 0 Å². The van der Waals surface area contributed by atoms with E-state index < -0.39 is 29.7 Å². The number of carbonyl (C=O) groups excluding carboxylic acids is 2. The third-order valence-electron chi connectivity index (χ3n) is 7.02. The third kappa shape index (κ3) is 9.73. The van der Waals surface area contributed by atoms with Gasteiger partial charge in [0.15, 0.2) is 5.76 Å². The van der Waals surface area contributed by atoms with Crippen molar-refractivity contribution >= 4 is 11.8 Å². The van der Waals surface area contributed by atoms with Gasteiger partial charge in [0.1, 0.15) is 11.6 Å². The fraction of sp³-hybridized carbons (Fsp3) is 0.441. The van der Waals surface area contributed by atoms with Crippen LogP contribution in [-0.4, -0.2) is 63.7 Å². The van der Waals surface area contributed by atoms with Crippen molar-refractivity contribution in [2.45, 2.75) is 72.1 Å². The minimum absolute atomic E-state index is 0.0331. The number of aliphatic hydroxyl groups excluding tert-OH is 1. The number of halogens is 2. The Balaban J connectivity index is 1.94. The summed E-state index contributed by atoms with van der Waals surface area (Å²) in [4.78, 5) is 30.5. The van der Waals surface area contributed by atoms with E-state index in [2.05, 4.69) is 11.1 Å². The molecular weight excluding hydrogens is 566 g/mol. The summed E-state index contributed by atoms with van der Waals surface area (Å²) in [5.41, 5.74) is 8.04. The zero-order valence-electron chi connectivity index (χ0n) is 25.9. The van der Waals surface area contributed by atoms with E-state index in [1.165, 1.54) is 17.0 Å². The molecule has 8 nitrogen and oxygen atoms in total. The fourth-order valence-corrected chi connectivity index (χ4v) is 5.03. The summed E-state index contributed by atoms with van der Waals surface area (Å²) in [6, 6.07) is 8.45. The van der Waals surface area contributed by atoms with Gasteiger partial charge in [-0.05, 0) is 67.5 Å². The Morgan fingerprint density at radius 2 is 1.55 bits per heavy atom. The van der Waals surface area contributed by atoms with E-state index in [0.717, 1.165) is 36.7 Å². The largest absolute Gasteiger partial charge is 0.390 e. The van der Waals surface area contributed by atoms with E-state index in [0.29, 0.717) is 36.8 Å². The quantitative estimate of drug-likeness (QED) is 0.236. The summed E-state index contributed by atoms with van der Waals surface area (Å²) >= 11 is 0. The van der Waals surface area contributed by atoms with Gasteiger partial charge in [-0.3, -0.25) is 9.59 Å². The predicted molar refractivity (Wildman–Crippen MR) is 165 cm³/mol. The molecule has 2 amide bonds. The molecule has 0 aliphatic rings. The van der Waals surface area contributed by atoms with Crippen molar-refractivity contribution in [3.05, 3.63) is 87.8 Å². The maximum absolute atomic E-state index is 14.0. The van der Waals surface area contributed by atoms with Crippen LogP contribution in [0.15, 0.2) is 47.0 Å². The van der Waals surface area contributed by atoms with Crippen LogP contribution in [0.4, 0.5) is 8.78 Å². The fourth-order valence-electron chi connectivity index (χ4n) is 5.03. The number of aromatic nitrogens is 1. The van der Waals surface area contributed by atoms with Gasteiger partial charge in [0, 0.05) is 54.5 Å². The Kier molecular flexibility index (Phi) is 12.6. The predicted octanol–water partition coefficient (Wildman–Crippen LogP) is 4.97. The van der Waals surface area contributed by atoms with Crippen LogP contribution in [0.2, 0.25) is 0 Å². The molecule has 0 radical (unpaired) electrons. The van der Waals surface area contributed by atoms with Crippen molar-refractivity contribution in [2.24, 2.45) is 11.7 Å². The lowest BCUT2D eigenvalue weighted by Gasteiger charge is -2.28. The van der Waals surface area contributed by atoms with Crippen LogP contribution in [0.1, 0.15) is 83.8 Å². The molecule has 3 N–H and O–H groups in total. The number of hydrogen-bond acceptors (Lipinski definition) is 6. The van der Waals surface area contributed by atoms with E-state index in [1.54, 1.807) is 17.0 Å². The summed E-state index contributed by atoms with van der Waals surface area (Å²) in [6.07, 6.45) is 6.63. The number of nitrogens with zero attached hydrogens (tertiary/aromatic N) is 3. The molecule has 0 aliphatic carbocycles. The van der Waals surface area contributed by atoms with Gasteiger partial charge in [0.25, 0.3) is 11.8 Å². The van der Waals surface area contributed by atoms with Crippen LogP contribution in [0.3, 0.4) is 0 Å². The Bertz CT molecular complexity index is 1440. The molecule has 236 valence electrons. The lowest BCUT2D eigenvalue weighted by molar-refractivity contribution is 0.0532. The number of aliphatic hydroxyl groups is 1. The summed E-state index contributed by atoms with van der Waals surface area (Å²) in [5, 5.41) is 15.2. The Labute approximate surface area is 258 Å². The summed E-state index contributed by atoms with van der Waals surface area (Å²) in [6.45, 7) is 8.90. The summed E-state index contributed by atoms with van der Waals surface area (Å²) < 4.78 is 33.0. The molecule has 0 saturated heterocycles. The molecule has 0 spiro atoms. The molecule has 0 saturated carbocycles. The minimum atomic E-state index is -1.27. The first kappa shape index (κ1) is 34.4. The topological polar surface area (TPSA) is 113 Å². The van der Waals surface area contributed by atoms with Gasteiger partial charge in [0.05, 0.1) is 18.3 Å². The monoisotopic (exact) mass is 608 g/mol. The Morgan fingerprint density at radius 1 is 0.955 bits per heavy atom. The maximum Gasteiger partial charge on any atom is 0.254 e. The second-order valence-corrected chi connectivity index (χ2v) is 11.5. The number of hydrogen-bond donors (Lipinski definition) is 2. The molecule has 2 atom stereocenters. The Hall–Kier alpha value is -4.07. The van der Waals surface area contributed by atoms with Gasteiger partial charge < -0.3 is 25.2 Å². The highest BCUT2D eigenvalue weighted by atomic mass is 19.1. The molecule has 1 aromatic heterocycles. The highest BCUT2D eigenvalue weighted by Crippen LogP contribution is 2.19. The first-order valence-electron chi connectivity index (χ1n) is 15.0. The third-order valence-corrected chi connectivity index (χ3v) is 7.02. The standard InChI is InChI=1S/C34H42F2N4O4/c1-6-9-39(10-7-2)33(42)25-12-23(8-3)13-26(17-25)34(43)40(20-30-19-29(38-44-30)11-22(4)5)21-32(41)31(37)16-24-14-27(35)18-28(36)15-24/h3,12-15,17-19,22,31-32,41H,6-7,9-11,16,20-21,37H2,1-2,4-5H3/t31-,32+/m0/s1. The Morgan fingerprint density at radius 3 is 2.09 bits per heavy atom.